The van der Waals surface area contributed by atoms with Gasteiger partial charge in [0, 0.05) is 18.7 Å². The van der Waals surface area contributed by atoms with Gasteiger partial charge >= 0.3 is 7.32 Å². The van der Waals surface area contributed by atoms with Crippen LogP contribution in [-0.2, 0) is 0 Å². The molecule has 1 aromatic carbocycles. The second-order valence-electron chi connectivity index (χ2n) is 3.97. The van der Waals surface area contributed by atoms with Crippen LogP contribution in [-0.4, -0.2) is 41.3 Å². The lowest BCUT2D eigenvalue weighted by atomic mass is 10.2. The molecule has 0 aromatic heterocycles. The monoisotopic (exact) mass is 235 g/mol. The molecule has 1 amide bonds. The standard InChI is InChI=1S/C11H14BNO4/c14-11(13-7-1-2-8-13)9-3-5-10(6-4-9)17-12(15)16/h3-6,15-16H,1-2,7-8H2. The average molecular weight is 235 g/mol. The molecule has 1 aliphatic heterocycles. The molecule has 1 saturated heterocycles. The zero-order chi connectivity index (χ0) is 12.3. The molecule has 1 heterocycles. The Kier molecular flexibility index (Phi) is 3.66. The molecule has 1 fully saturated rings. The van der Waals surface area contributed by atoms with E-state index >= 15 is 0 Å². The lowest BCUT2D eigenvalue weighted by Crippen LogP contribution is -2.27. The third-order valence-corrected chi connectivity index (χ3v) is 2.74. The first-order valence-electron chi connectivity index (χ1n) is 5.59. The molecule has 2 N–H and O–H groups in total. The number of carbonyl (C=O) groups excluding carboxylic acids is 1. The van der Waals surface area contributed by atoms with Gasteiger partial charge in [0.15, 0.2) is 0 Å². The number of rotatable bonds is 3. The minimum absolute atomic E-state index is 0.0126. The minimum Gasteiger partial charge on any atom is -0.512 e. The molecule has 2 rings (SSSR count). The van der Waals surface area contributed by atoms with E-state index in [1.807, 2.05) is 4.90 Å². The minimum atomic E-state index is -1.84. The predicted molar refractivity (Wildman–Crippen MR) is 62.4 cm³/mol. The first-order chi connectivity index (χ1) is 8.16. The van der Waals surface area contributed by atoms with Crippen LogP contribution in [0.3, 0.4) is 0 Å². The maximum atomic E-state index is 12.0. The van der Waals surface area contributed by atoms with Crippen molar-refractivity contribution in [3.05, 3.63) is 29.8 Å². The molecule has 1 aromatic rings. The molecule has 0 spiro atoms. The van der Waals surface area contributed by atoms with Gasteiger partial charge in [0.05, 0.1) is 0 Å². The van der Waals surface area contributed by atoms with Crippen LogP contribution in [0.4, 0.5) is 0 Å². The molecule has 1 aliphatic rings. The smallest absolute Gasteiger partial charge is 0.512 e. The van der Waals surface area contributed by atoms with Gasteiger partial charge in [0.25, 0.3) is 5.91 Å². The summed E-state index contributed by atoms with van der Waals surface area (Å²) >= 11 is 0. The lowest BCUT2D eigenvalue weighted by Gasteiger charge is -2.15. The van der Waals surface area contributed by atoms with Crippen LogP contribution in [0.2, 0.25) is 0 Å². The van der Waals surface area contributed by atoms with Crippen molar-refractivity contribution in [2.75, 3.05) is 13.1 Å². The van der Waals surface area contributed by atoms with E-state index in [-0.39, 0.29) is 5.91 Å². The highest BCUT2D eigenvalue weighted by atomic mass is 16.6. The van der Waals surface area contributed by atoms with Gasteiger partial charge in [-0.25, -0.2) is 0 Å². The third-order valence-electron chi connectivity index (χ3n) is 2.74. The second kappa shape index (κ2) is 5.20. The van der Waals surface area contributed by atoms with Crippen LogP contribution >= 0.6 is 0 Å². The normalized spacial score (nSPS) is 14.8. The summed E-state index contributed by atoms with van der Waals surface area (Å²) in [4.78, 5) is 13.8. The van der Waals surface area contributed by atoms with E-state index in [1.54, 1.807) is 24.3 Å². The quantitative estimate of drug-likeness (QED) is 0.738. The third kappa shape index (κ3) is 2.98. The Morgan fingerprint density at radius 2 is 1.76 bits per heavy atom. The molecular formula is C11H14BNO4. The highest BCUT2D eigenvalue weighted by molar-refractivity contribution is 6.33. The summed E-state index contributed by atoms with van der Waals surface area (Å²) in [5.41, 5.74) is 0.590. The van der Waals surface area contributed by atoms with E-state index in [0.717, 1.165) is 25.9 Å². The predicted octanol–water partition coefficient (Wildman–Crippen LogP) is 0.271. The zero-order valence-electron chi connectivity index (χ0n) is 9.37. The Morgan fingerprint density at radius 3 is 2.29 bits per heavy atom. The molecule has 17 heavy (non-hydrogen) atoms. The molecule has 0 atom stereocenters. The van der Waals surface area contributed by atoms with Gasteiger partial charge in [-0.3, -0.25) is 4.79 Å². The van der Waals surface area contributed by atoms with Crippen molar-refractivity contribution < 1.29 is 19.5 Å². The summed E-state index contributed by atoms with van der Waals surface area (Å²) in [5, 5.41) is 17.2. The van der Waals surface area contributed by atoms with Crippen molar-refractivity contribution in [2.24, 2.45) is 0 Å². The van der Waals surface area contributed by atoms with Crippen LogP contribution in [0.25, 0.3) is 0 Å². The fraction of sp³-hybridized carbons (Fsp3) is 0.364. The van der Waals surface area contributed by atoms with E-state index in [2.05, 4.69) is 4.65 Å². The van der Waals surface area contributed by atoms with Gasteiger partial charge in [-0.15, -0.1) is 0 Å². The van der Waals surface area contributed by atoms with Crippen LogP contribution in [0.15, 0.2) is 24.3 Å². The maximum absolute atomic E-state index is 12.0. The largest absolute Gasteiger partial charge is 0.707 e. The molecule has 6 heteroatoms. The molecule has 0 aliphatic carbocycles. The Bertz CT molecular complexity index is 387. The second-order valence-corrected chi connectivity index (χ2v) is 3.97. The van der Waals surface area contributed by atoms with E-state index in [0.29, 0.717) is 11.3 Å². The fourth-order valence-corrected chi connectivity index (χ4v) is 1.90. The SMILES string of the molecule is O=C(c1ccc(OB(O)O)cc1)N1CCCC1. The number of carbonyl (C=O) groups is 1. The van der Waals surface area contributed by atoms with Crippen LogP contribution in [0.1, 0.15) is 23.2 Å². The Hall–Kier alpha value is -1.53. The van der Waals surface area contributed by atoms with Gasteiger partial charge in [-0.05, 0) is 37.1 Å². The summed E-state index contributed by atoms with van der Waals surface area (Å²) in [7, 11) is -1.84. The Morgan fingerprint density at radius 1 is 1.18 bits per heavy atom. The van der Waals surface area contributed by atoms with Crippen molar-refractivity contribution in [3.8, 4) is 5.75 Å². The number of nitrogens with zero attached hydrogens (tertiary/aromatic N) is 1. The van der Waals surface area contributed by atoms with E-state index in [1.165, 1.54) is 0 Å². The maximum Gasteiger partial charge on any atom is 0.707 e. The zero-order valence-corrected chi connectivity index (χ0v) is 9.37. The number of hydrogen-bond acceptors (Lipinski definition) is 4. The van der Waals surface area contributed by atoms with Gasteiger partial charge in [-0.2, -0.15) is 0 Å². The first-order valence-corrected chi connectivity index (χ1v) is 5.59. The molecule has 0 unspecified atom stereocenters. The van der Waals surface area contributed by atoms with Crippen molar-refractivity contribution in [1.82, 2.24) is 4.90 Å². The molecule has 0 radical (unpaired) electrons. The summed E-state index contributed by atoms with van der Waals surface area (Å²) in [6, 6.07) is 6.34. The van der Waals surface area contributed by atoms with Crippen molar-refractivity contribution in [1.29, 1.82) is 0 Å². The van der Waals surface area contributed by atoms with Gasteiger partial charge in [0.2, 0.25) is 0 Å². The van der Waals surface area contributed by atoms with Crippen molar-refractivity contribution in [2.45, 2.75) is 12.8 Å². The first kappa shape index (κ1) is 11.9. The van der Waals surface area contributed by atoms with Crippen molar-refractivity contribution in [3.63, 3.8) is 0 Å². The lowest BCUT2D eigenvalue weighted by molar-refractivity contribution is 0.0793. The summed E-state index contributed by atoms with van der Waals surface area (Å²) < 4.78 is 4.66. The Balaban J connectivity index is 2.04. The summed E-state index contributed by atoms with van der Waals surface area (Å²) in [6.07, 6.45) is 2.12. The molecule has 90 valence electrons. The molecule has 5 nitrogen and oxygen atoms in total. The topological polar surface area (TPSA) is 70.0 Å². The fourth-order valence-electron chi connectivity index (χ4n) is 1.90. The number of likely N-dealkylation sites (tertiary alicyclic amines) is 1. The van der Waals surface area contributed by atoms with Gasteiger partial charge < -0.3 is 19.6 Å². The highest BCUT2D eigenvalue weighted by Crippen LogP contribution is 2.16. The molecular weight excluding hydrogens is 221 g/mol. The summed E-state index contributed by atoms with van der Waals surface area (Å²) in [5.74, 6) is 0.330. The average Bonchev–Trinajstić information content (AvgIpc) is 2.82. The van der Waals surface area contributed by atoms with Gasteiger partial charge in [-0.1, -0.05) is 0 Å². The number of benzene rings is 1. The van der Waals surface area contributed by atoms with E-state index < -0.39 is 7.32 Å². The molecule has 0 bridgehead atoms. The van der Waals surface area contributed by atoms with Crippen LogP contribution in [0.5, 0.6) is 5.75 Å². The number of hydrogen-bond donors (Lipinski definition) is 2. The van der Waals surface area contributed by atoms with Crippen LogP contribution < -0.4 is 4.65 Å². The number of amides is 1. The van der Waals surface area contributed by atoms with Gasteiger partial charge in [0.1, 0.15) is 5.75 Å². The Labute approximate surface area is 99.8 Å². The van der Waals surface area contributed by atoms with Crippen molar-refractivity contribution >= 4 is 13.2 Å². The van der Waals surface area contributed by atoms with E-state index in [4.69, 9.17) is 10.0 Å². The molecule has 0 saturated carbocycles. The van der Waals surface area contributed by atoms with E-state index in [9.17, 15) is 4.79 Å². The summed E-state index contributed by atoms with van der Waals surface area (Å²) in [6.45, 7) is 1.62. The highest BCUT2D eigenvalue weighted by Gasteiger charge is 2.19. The van der Waals surface area contributed by atoms with Crippen LogP contribution in [0, 0.1) is 0 Å².